The third-order valence-corrected chi connectivity index (χ3v) is 5.79. The summed E-state index contributed by atoms with van der Waals surface area (Å²) in [5.41, 5.74) is 1.87. The number of carbonyl (C=O) groups is 1. The lowest BCUT2D eigenvalue weighted by Gasteiger charge is -2.38. The van der Waals surface area contributed by atoms with Gasteiger partial charge in [-0.2, -0.15) is 0 Å². The number of anilines is 1. The first kappa shape index (κ1) is 20.7. The lowest BCUT2D eigenvalue weighted by atomic mass is 9.74. The predicted molar refractivity (Wildman–Crippen MR) is 113 cm³/mol. The van der Waals surface area contributed by atoms with Crippen molar-refractivity contribution in [2.24, 2.45) is 5.41 Å². The van der Waals surface area contributed by atoms with Gasteiger partial charge >= 0.3 is 0 Å². The number of ether oxygens (including phenoxy) is 1. The standard InChI is InChI=1S/C23H29FN4O2/c1-14-12-28(13-15(2)30-14)22-25-11-17-19(9-23(3,4)10-20(17)27-22)26-21(29)16-7-5-6-8-18(16)24/h5-8,11,14-15,19H,9-10,12-13H2,1-4H3,(H,26,29). The van der Waals surface area contributed by atoms with E-state index in [9.17, 15) is 9.18 Å². The number of hydrogen-bond donors (Lipinski definition) is 1. The number of benzene rings is 1. The zero-order valence-corrected chi connectivity index (χ0v) is 18.0. The van der Waals surface area contributed by atoms with Crippen LogP contribution < -0.4 is 10.2 Å². The number of morpholine rings is 1. The molecular formula is C23H29FN4O2. The minimum Gasteiger partial charge on any atom is -0.372 e. The molecule has 2 aliphatic rings. The van der Waals surface area contributed by atoms with Crippen molar-refractivity contribution < 1.29 is 13.9 Å². The normalized spacial score (nSPS) is 25.5. The highest BCUT2D eigenvalue weighted by molar-refractivity contribution is 5.94. The average Bonchev–Trinajstić information content (AvgIpc) is 2.66. The van der Waals surface area contributed by atoms with Gasteiger partial charge in [0.15, 0.2) is 0 Å². The zero-order chi connectivity index (χ0) is 21.5. The van der Waals surface area contributed by atoms with E-state index in [1.807, 2.05) is 6.20 Å². The third kappa shape index (κ3) is 4.31. The quantitative estimate of drug-likeness (QED) is 0.833. The lowest BCUT2D eigenvalue weighted by molar-refractivity contribution is -0.00575. The first-order valence-electron chi connectivity index (χ1n) is 10.5. The Morgan fingerprint density at radius 1 is 1.23 bits per heavy atom. The van der Waals surface area contributed by atoms with Gasteiger partial charge in [-0.25, -0.2) is 14.4 Å². The highest BCUT2D eigenvalue weighted by Gasteiger charge is 2.35. The molecule has 160 valence electrons. The van der Waals surface area contributed by atoms with Crippen LogP contribution in [-0.4, -0.2) is 41.2 Å². The maximum atomic E-state index is 14.1. The number of nitrogens with one attached hydrogen (secondary N) is 1. The largest absolute Gasteiger partial charge is 0.372 e. The second kappa shape index (κ2) is 7.95. The van der Waals surface area contributed by atoms with Gasteiger partial charge in [-0.1, -0.05) is 26.0 Å². The minimum absolute atomic E-state index is 0.0443. The summed E-state index contributed by atoms with van der Waals surface area (Å²) >= 11 is 0. The molecule has 7 heteroatoms. The number of nitrogens with zero attached hydrogens (tertiary/aromatic N) is 3. The molecule has 0 saturated carbocycles. The molecule has 4 rings (SSSR count). The van der Waals surface area contributed by atoms with Gasteiger partial charge in [0.2, 0.25) is 5.95 Å². The number of aromatic nitrogens is 2. The van der Waals surface area contributed by atoms with E-state index >= 15 is 0 Å². The topological polar surface area (TPSA) is 67.4 Å². The molecule has 30 heavy (non-hydrogen) atoms. The van der Waals surface area contributed by atoms with E-state index in [4.69, 9.17) is 9.72 Å². The smallest absolute Gasteiger partial charge is 0.254 e. The fourth-order valence-corrected chi connectivity index (χ4v) is 4.54. The molecular weight excluding hydrogens is 383 g/mol. The van der Waals surface area contributed by atoms with Crippen LogP contribution in [0.3, 0.4) is 0 Å². The maximum absolute atomic E-state index is 14.1. The van der Waals surface area contributed by atoms with Gasteiger partial charge in [0.25, 0.3) is 5.91 Å². The molecule has 6 nitrogen and oxygen atoms in total. The number of rotatable bonds is 3. The van der Waals surface area contributed by atoms with E-state index in [0.29, 0.717) is 5.95 Å². The molecule has 1 amide bonds. The summed E-state index contributed by atoms with van der Waals surface area (Å²) in [6, 6.07) is 5.78. The molecule has 3 unspecified atom stereocenters. The first-order chi connectivity index (χ1) is 14.2. The molecule has 1 aliphatic heterocycles. The highest BCUT2D eigenvalue weighted by atomic mass is 19.1. The minimum atomic E-state index is -0.521. The van der Waals surface area contributed by atoms with Gasteiger partial charge in [-0.15, -0.1) is 0 Å². The molecule has 0 radical (unpaired) electrons. The SMILES string of the molecule is CC1CN(c2ncc3c(n2)CC(C)(C)CC3NC(=O)c2ccccc2F)CC(C)O1. The number of halogens is 1. The van der Waals surface area contributed by atoms with Gasteiger partial charge < -0.3 is 15.0 Å². The van der Waals surface area contributed by atoms with E-state index in [1.165, 1.54) is 12.1 Å². The summed E-state index contributed by atoms with van der Waals surface area (Å²) in [6.45, 7) is 9.94. The summed E-state index contributed by atoms with van der Waals surface area (Å²) in [4.78, 5) is 24.4. The average molecular weight is 413 g/mol. The predicted octanol–water partition coefficient (Wildman–Crippen LogP) is 3.67. The number of carbonyl (C=O) groups excluding carboxylic acids is 1. The van der Waals surface area contributed by atoms with E-state index in [1.54, 1.807) is 12.1 Å². The van der Waals surface area contributed by atoms with Crippen molar-refractivity contribution in [2.75, 3.05) is 18.0 Å². The molecule has 1 aromatic carbocycles. The fourth-order valence-electron chi connectivity index (χ4n) is 4.54. The van der Waals surface area contributed by atoms with Crippen molar-refractivity contribution in [1.29, 1.82) is 0 Å². The Kier molecular flexibility index (Phi) is 5.49. The highest BCUT2D eigenvalue weighted by Crippen LogP contribution is 2.40. The van der Waals surface area contributed by atoms with Gasteiger partial charge in [0, 0.05) is 24.8 Å². The van der Waals surface area contributed by atoms with Gasteiger partial charge in [0.1, 0.15) is 5.82 Å². The van der Waals surface area contributed by atoms with Crippen molar-refractivity contribution in [3.63, 3.8) is 0 Å². The fraction of sp³-hybridized carbons (Fsp3) is 0.522. The van der Waals surface area contributed by atoms with Crippen LogP contribution in [0.15, 0.2) is 30.5 Å². The van der Waals surface area contributed by atoms with Crippen LogP contribution >= 0.6 is 0 Å². The second-order valence-corrected chi connectivity index (χ2v) is 9.29. The number of fused-ring (bicyclic) bond motifs is 1. The Morgan fingerprint density at radius 2 is 1.93 bits per heavy atom. The molecule has 1 aliphatic carbocycles. The monoisotopic (exact) mass is 412 g/mol. The van der Waals surface area contributed by atoms with Crippen molar-refractivity contribution >= 4 is 11.9 Å². The van der Waals surface area contributed by atoms with Crippen LogP contribution in [0.2, 0.25) is 0 Å². The van der Waals surface area contributed by atoms with Gasteiger partial charge in [-0.05, 0) is 44.2 Å². The molecule has 2 heterocycles. The Bertz CT molecular complexity index is 939. The number of hydrogen-bond acceptors (Lipinski definition) is 5. The Labute approximate surface area is 176 Å². The molecule has 1 N–H and O–H groups in total. The van der Waals surface area contributed by atoms with Crippen LogP contribution in [0, 0.1) is 11.2 Å². The summed E-state index contributed by atoms with van der Waals surface area (Å²) in [5.74, 6) is -0.235. The van der Waals surface area contributed by atoms with E-state index in [0.717, 1.165) is 37.2 Å². The Morgan fingerprint density at radius 3 is 2.63 bits per heavy atom. The summed E-state index contributed by atoms with van der Waals surface area (Å²) in [7, 11) is 0. The van der Waals surface area contributed by atoms with Crippen LogP contribution in [0.4, 0.5) is 10.3 Å². The molecule has 1 aromatic heterocycles. The van der Waals surface area contributed by atoms with Gasteiger partial charge in [-0.3, -0.25) is 4.79 Å². The molecule has 0 spiro atoms. The van der Waals surface area contributed by atoms with Crippen LogP contribution in [-0.2, 0) is 11.2 Å². The van der Waals surface area contributed by atoms with Crippen LogP contribution in [0.25, 0.3) is 0 Å². The molecule has 1 saturated heterocycles. The van der Waals surface area contributed by atoms with Crippen molar-refractivity contribution in [1.82, 2.24) is 15.3 Å². The zero-order valence-electron chi connectivity index (χ0n) is 18.0. The third-order valence-electron chi connectivity index (χ3n) is 5.79. The van der Waals surface area contributed by atoms with Crippen LogP contribution in [0.1, 0.15) is 61.8 Å². The van der Waals surface area contributed by atoms with Crippen molar-refractivity contribution in [2.45, 2.75) is 58.8 Å². The van der Waals surface area contributed by atoms with E-state index in [2.05, 4.69) is 42.9 Å². The maximum Gasteiger partial charge on any atom is 0.254 e. The van der Waals surface area contributed by atoms with E-state index in [-0.39, 0.29) is 29.2 Å². The van der Waals surface area contributed by atoms with Crippen LogP contribution in [0.5, 0.6) is 0 Å². The van der Waals surface area contributed by atoms with E-state index < -0.39 is 11.7 Å². The Balaban J connectivity index is 1.61. The summed E-state index contributed by atoms with van der Waals surface area (Å²) < 4.78 is 19.9. The van der Waals surface area contributed by atoms with Crippen molar-refractivity contribution in [3.05, 3.63) is 53.1 Å². The first-order valence-corrected chi connectivity index (χ1v) is 10.5. The van der Waals surface area contributed by atoms with Gasteiger partial charge in [0.05, 0.1) is 29.5 Å². The molecule has 0 bridgehead atoms. The van der Waals surface area contributed by atoms with Crippen molar-refractivity contribution in [3.8, 4) is 0 Å². The summed E-state index contributed by atoms with van der Waals surface area (Å²) in [6.07, 6.45) is 3.62. The second-order valence-electron chi connectivity index (χ2n) is 9.29. The Hall–Kier alpha value is -2.54. The number of amides is 1. The summed E-state index contributed by atoms with van der Waals surface area (Å²) in [5, 5.41) is 3.01. The molecule has 2 aromatic rings. The molecule has 3 atom stereocenters. The lowest BCUT2D eigenvalue weighted by Crippen LogP contribution is -2.46. The molecule has 1 fully saturated rings.